The van der Waals surface area contributed by atoms with Crippen molar-refractivity contribution in [2.75, 3.05) is 0 Å². The number of hydrogen-bond acceptors (Lipinski definition) is 0. The third kappa shape index (κ3) is 5.78. The second-order valence-electron chi connectivity index (χ2n) is 5.50. The number of rotatable bonds is 6. The highest BCUT2D eigenvalue weighted by Crippen LogP contribution is 2.19. The maximum absolute atomic E-state index is 2.25. The van der Waals surface area contributed by atoms with Crippen LogP contribution in [0.1, 0.15) is 16.7 Å². The molecule has 0 unspecified atom stereocenters. The first-order valence-corrected chi connectivity index (χ1v) is 9.39. The van der Waals surface area contributed by atoms with Gasteiger partial charge in [0.25, 0.3) is 0 Å². The second-order valence-corrected chi connectivity index (χ2v) is 7.59. The Bertz CT molecular complexity index is 569. The molecule has 0 aromatic heterocycles. The van der Waals surface area contributed by atoms with Crippen molar-refractivity contribution in [2.45, 2.75) is 17.3 Å². The van der Waals surface area contributed by atoms with Gasteiger partial charge in [0.1, 0.15) is 17.3 Å². The highest BCUT2D eigenvalue weighted by molar-refractivity contribution is 7.94. The lowest BCUT2D eigenvalue weighted by Gasteiger charge is -2.10. The fraction of sp³-hybridized carbons (Fsp3) is 0.143. The molecule has 0 amide bonds. The van der Waals surface area contributed by atoms with Crippen LogP contribution < -0.4 is 12.4 Å². The average Bonchev–Trinajstić information content (AvgIpc) is 2.57. The molecule has 0 aliphatic rings. The SMILES string of the molecule is [Cl-].c1ccc(C[S+](Cc2ccccc2)Cc2ccccc2)cc1. The van der Waals surface area contributed by atoms with Gasteiger partial charge in [-0.1, -0.05) is 91.0 Å². The number of hydrogen-bond donors (Lipinski definition) is 0. The lowest BCUT2D eigenvalue weighted by molar-refractivity contribution is -0.00000449. The van der Waals surface area contributed by atoms with Crippen molar-refractivity contribution >= 4 is 10.9 Å². The van der Waals surface area contributed by atoms with Crippen LogP contribution in [0.15, 0.2) is 91.0 Å². The summed E-state index contributed by atoms with van der Waals surface area (Å²) in [5.41, 5.74) is 4.33. The molecule has 0 N–H and O–H groups in total. The molecular weight excluding hydrogens is 320 g/mol. The van der Waals surface area contributed by atoms with Gasteiger partial charge in [0.15, 0.2) is 0 Å². The molecule has 0 bridgehead atoms. The quantitative estimate of drug-likeness (QED) is 0.604. The molecule has 2 heteroatoms. The predicted molar refractivity (Wildman–Crippen MR) is 97.8 cm³/mol. The van der Waals surface area contributed by atoms with Crippen molar-refractivity contribution in [1.82, 2.24) is 0 Å². The van der Waals surface area contributed by atoms with Crippen LogP contribution in [0.4, 0.5) is 0 Å². The van der Waals surface area contributed by atoms with Gasteiger partial charge < -0.3 is 12.4 Å². The van der Waals surface area contributed by atoms with Crippen LogP contribution >= 0.6 is 0 Å². The summed E-state index contributed by atoms with van der Waals surface area (Å²) in [7, 11) is 0.323. The molecule has 0 saturated carbocycles. The Hall–Kier alpha value is -1.70. The Balaban J connectivity index is 0.00000192. The van der Waals surface area contributed by atoms with Gasteiger partial charge in [0, 0.05) is 27.6 Å². The van der Waals surface area contributed by atoms with E-state index in [1.165, 1.54) is 16.7 Å². The molecule has 3 aromatic rings. The maximum atomic E-state index is 2.25. The largest absolute Gasteiger partial charge is 1.00 e. The third-order valence-electron chi connectivity index (χ3n) is 3.64. The van der Waals surface area contributed by atoms with E-state index >= 15 is 0 Å². The Kier molecular flexibility index (Phi) is 7.25. The summed E-state index contributed by atoms with van der Waals surface area (Å²) >= 11 is 0. The van der Waals surface area contributed by atoms with Crippen molar-refractivity contribution < 1.29 is 12.4 Å². The van der Waals surface area contributed by atoms with Crippen molar-refractivity contribution in [3.05, 3.63) is 108 Å². The Morgan fingerprint density at radius 1 is 0.435 bits per heavy atom. The van der Waals surface area contributed by atoms with Gasteiger partial charge in [-0.25, -0.2) is 0 Å². The zero-order chi connectivity index (χ0) is 15.0. The van der Waals surface area contributed by atoms with Gasteiger partial charge in [-0.2, -0.15) is 0 Å². The molecule has 0 aliphatic carbocycles. The molecule has 23 heavy (non-hydrogen) atoms. The van der Waals surface area contributed by atoms with Gasteiger partial charge >= 0.3 is 0 Å². The second kappa shape index (κ2) is 9.44. The number of halogens is 1. The van der Waals surface area contributed by atoms with Crippen LogP contribution in [0.25, 0.3) is 0 Å². The predicted octanol–water partition coefficient (Wildman–Crippen LogP) is 2.21. The first-order valence-electron chi connectivity index (χ1n) is 7.66. The standard InChI is InChI=1S/C21H21S.ClH/c1-4-10-19(11-5-1)16-22(17-20-12-6-2-7-13-20)18-21-14-8-3-9-15-21;/h1-15H,16-18H2;1H/q+1;/p-1. The van der Waals surface area contributed by atoms with Crippen molar-refractivity contribution in [1.29, 1.82) is 0 Å². The van der Waals surface area contributed by atoms with Gasteiger partial charge in [-0.15, -0.1) is 0 Å². The maximum Gasteiger partial charge on any atom is 0.133 e. The lowest BCUT2D eigenvalue weighted by atomic mass is 10.2. The third-order valence-corrected chi connectivity index (χ3v) is 5.87. The van der Waals surface area contributed by atoms with E-state index in [-0.39, 0.29) is 12.4 Å². The topological polar surface area (TPSA) is 0 Å². The summed E-state index contributed by atoms with van der Waals surface area (Å²) in [5, 5.41) is 0. The van der Waals surface area contributed by atoms with Gasteiger partial charge in [-0.3, -0.25) is 0 Å². The minimum Gasteiger partial charge on any atom is -1.00 e. The summed E-state index contributed by atoms with van der Waals surface area (Å²) < 4.78 is 0. The molecule has 0 radical (unpaired) electrons. The Morgan fingerprint density at radius 3 is 0.957 bits per heavy atom. The molecule has 0 heterocycles. The Labute approximate surface area is 148 Å². The van der Waals surface area contributed by atoms with E-state index in [9.17, 15) is 0 Å². The summed E-state index contributed by atoms with van der Waals surface area (Å²) in [5.74, 6) is 3.47. The number of benzene rings is 3. The summed E-state index contributed by atoms with van der Waals surface area (Å²) in [6.07, 6.45) is 0. The molecule has 0 spiro atoms. The minimum atomic E-state index is 0. The van der Waals surface area contributed by atoms with E-state index in [4.69, 9.17) is 0 Å². The monoisotopic (exact) mass is 340 g/mol. The first-order chi connectivity index (χ1) is 10.9. The zero-order valence-corrected chi connectivity index (χ0v) is 14.6. The molecule has 0 saturated heterocycles. The fourth-order valence-corrected chi connectivity index (χ4v) is 4.88. The van der Waals surface area contributed by atoms with Crippen LogP contribution in [-0.2, 0) is 28.2 Å². The molecule has 0 nitrogen and oxygen atoms in total. The fourth-order valence-electron chi connectivity index (χ4n) is 2.58. The first kappa shape index (κ1) is 17.7. The van der Waals surface area contributed by atoms with E-state index in [1.807, 2.05) is 0 Å². The van der Waals surface area contributed by atoms with Crippen molar-refractivity contribution in [2.24, 2.45) is 0 Å². The molecule has 3 rings (SSSR count). The van der Waals surface area contributed by atoms with Gasteiger partial charge in [0.2, 0.25) is 0 Å². The normalized spacial score (nSPS) is 10.3. The van der Waals surface area contributed by atoms with E-state index in [2.05, 4.69) is 91.0 Å². The van der Waals surface area contributed by atoms with Gasteiger partial charge in [0.05, 0.1) is 0 Å². The van der Waals surface area contributed by atoms with Crippen molar-refractivity contribution in [3.8, 4) is 0 Å². The van der Waals surface area contributed by atoms with E-state index in [1.54, 1.807) is 0 Å². The zero-order valence-electron chi connectivity index (χ0n) is 13.1. The molecule has 0 atom stereocenters. The lowest BCUT2D eigenvalue weighted by Crippen LogP contribution is -3.00. The smallest absolute Gasteiger partial charge is 0.133 e. The summed E-state index contributed by atoms with van der Waals surface area (Å²) in [4.78, 5) is 0. The van der Waals surface area contributed by atoms with E-state index in [0.29, 0.717) is 10.9 Å². The van der Waals surface area contributed by atoms with E-state index in [0.717, 1.165) is 17.3 Å². The van der Waals surface area contributed by atoms with Crippen molar-refractivity contribution in [3.63, 3.8) is 0 Å². The van der Waals surface area contributed by atoms with Crippen LogP contribution in [0.2, 0.25) is 0 Å². The van der Waals surface area contributed by atoms with Crippen LogP contribution in [0.3, 0.4) is 0 Å². The summed E-state index contributed by atoms with van der Waals surface area (Å²) in [6.45, 7) is 0. The van der Waals surface area contributed by atoms with E-state index < -0.39 is 0 Å². The highest BCUT2D eigenvalue weighted by Gasteiger charge is 2.20. The molecule has 0 fully saturated rings. The molecule has 3 aromatic carbocycles. The van der Waals surface area contributed by atoms with Crippen LogP contribution in [-0.4, -0.2) is 0 Å². The van der Waals surface area contributed by atoms with Gasteiger partial charge in [-0.05, 0) is 0 Å². The molecule has 118 valence electrons. The van der Waals surface area contributed by atoms with Crippen LogP contribution in [0.5, 0.6) is 0 Å². The highest BCUT2D eigenvalue weighted by atomic mass is 35.5. The molecule has 0 aliphatic heterocycles. The minimum absolute atomic E-state index is 0. The summed E-state index contributed by atoms with van der Waals surface area (Å²) in [6, 6.07) is 32.6. The molecular formula is C21H21ClS. The van der Waals surface area contributed by atoms with Crippen LogP contribution in [0, 0.1) is 0 Å². The Morgan fingerprint density at radius 2 is 0.696 bits per heavy atom. The average molecular weight is 341 g/mol.